The molecule has 4 heteroatoms. The maximum absolute atomic E-state index is 11.0. The summed E-state index contributed by atoms with van der Waals surface area (Å²) in [5, 5.41) is 4.30. The van der Waals surface area contributed by atoms with E-state index in [9.17, 15) is 4.79 Å². The van der Waals surface area contributed by atoms with Crippen LogP contribution < -0.4 is 5.56 Å². The van der Waals surface area contributed by atoms with Gasteiger partial charge in [0.1, 0.15) is 5.65 Å². The molecule has 0 saturated heterocycles. The van der Waals surface area contributed by atoms with Crippen molar-refractivity contribution in [2.75, 3.05) is 0 Å². The van der Waals surface area contributed by atoms with Gasteiger partial charge in [-0.05, 0) is 5.92 Å². The van der Waals surface area contributed by atoms with Crippen molar-refractivity contribution >= 4 is 5.65 Å². The minimum atomic E-state index is -0.0947. The van der Waals surface area contributed by atoms with Crippen LogP contribution in [0.1, 0.15) is 25.5 Å². The molecule has 68 valence electrons. The number of aromatic amines is 1. The second kappa shape index (κ2) is 2.73. The predicted molar refractivity (Wildman–Crippen MR) is 49.9 cm³/mol. The summed E-state index contributed by atoms with van der Waals surface area (Å²) >= 11 is 0. The Bertz CT molecular complexity index is 481. The molecule has 0 fully saturated rings. The minimum absolute atomic E-state index is 0.0947. The summed E-state index contributed by atoms with van der Waals surface area (Å²) in [4.78, 5) is 13.7. The third-order valence-corrected chi connectivity index (χ3v) is 1.96. The zero-order valence-corrected chi connectivity index (χ0v) is 7.61. The van der Waals surface area contributed by atoms with Gasteiger partial charge in [-0.25, -0.2) is 4.52 Å². The molecule has 2 aromatic heterocycles. The van der Waals surface area contributed by atoms with Crippen molar-refractivity contribution in [2.24, 2.45) is 0 Å². The number of nitrogens with zero attached hydrogens (tertiary/aromatic N) is 2. The summed E-state index contributed by atoms with van der Waals surface area (Å²) in [6, 6.07) is 3.36. The Morgan fingerprint density at radius 3 is 3.00 bits per heavy atom. The van der Waals surface area contributed by atoms with Gasteiger partial charge in [-0.2, -0.15) is 5.10 Å². The monoisotopic (exact) mass is 177 g/mol. The molecule has 4 nitrogen and oxygen atoms in total. The average Bonchev–Trinajstić information content (AvgIpc) is 2.46. The molecule has 2 rings (SSSR count). The van der Waals surface area contributed by atoms with Gasteiger partial charge in [-0.3, -0.25) is 4.79 Å². The summed E-state index contributed by atoms with van der Waals surface area (Å²) in [5.41, 5.74) is 1.64. The fourth-order valence-corrected chi connectivity index (χ4v) is 1.21. The van der Waals surface area contributed by atoms with Gasteiger partial charge in [0, 0.05) is 18.3 Å². The molecule has 0 saturated carbocycles. The second-order valence-electron chi connectivity index (χ2n) is 3.36. The first-order valence-corrected chi connectivity index (χ1v) is 4.25. The zero-order valence-electron chi connectivity index (χ0n) is 7.61. The molecule has 0 aliphatic carbocycles. The van der Waals surface area contributed by atoms with Gasteiger partial charge in [0.25, 0.3) is 5.56 Å². The van der Waals surface area contributed by atoms with E-state index in [2.05, 4.69) is 23.9 Å². The zero-order chi connectivity index (χ0) is 9.42. The number of hydrogen-bond donors (Lipinski definition) is 1. The molecular weight excluding hydrogens is 166 g/mol. The van der Waals surface area contributed by atoms with Crippen molar-refractivity contribution < 1.29 is 0 Å². The van der Waals surface area contributed by atoms with E-state index in [1.807, 2.05) is 6.07 Å². The van der Waals surface area contributed by atoms with E-state index in [1.165, 1.54) is 6.07 Å². The number of fused-ring (bicyclic) bond motifs is 1. The standard InChI is InChI=1S/C9H11N3O/c1-6(2)7-5-8-10-9(13)3-4-12(8)11-7/h3-6H,1-2H3,(H,10,13). The minimum Gasteiger partial charge on any atom is -0.307 e. The number of aromatic nitrogens is 3. The van der Waals surface area contributed by atoms with Crippen LogP contribution in [0.2, 0.25) is 0 Å². The SMILES string of the molecule is CC(C)c1cc2[nH]c(=O)ccn2n1. The van der Waals surface area contributed by atoms with Gasteiger partial charge in [0.15, 0.2) is 0 Å². The van der Waals surface area contributed by atoms with Crippen molar-refractivity contribution in [1.29, 1.82) is 0 Å². The van der Waals surface area contributed by atoms with E-state index in [-0.39, 0.29) is 5.56 Å². The van der Waals surface area contributed by atoms with E-state index in [4.69, 9.17) is 0 Å². The van der Waals surface area contributed by atoms with Crippen molar-refractivity contribution in [3.63, 3.8) is 0 Å². The highest BCUT2D eigenvalue weighted by molar-refractivity contribution is 5.38. The molecule has 0 bridgehead atoms. The van der Waals surface area contributed by atoms with Gasteiger partial charge in [0.05, 0.1) is 5.69 Å². The Balaban J connectivity index is 2.69. The van der Waals surface area contributed by atoms with Crippen LogP contribution in [0.5, 0.6) is 0 Å². The fourth-order valence-electron chi connectivity index (χ4n) is 1.21. The number of nitrogens with one attached hydrogen (secondary N) is 1. The Hall–Kier alpha value is -1.58. The van der Waals surface area contributed by atoms with E-state index >= 15 is 0 Å². The first-order chi connectivity index (χ1) is 6.16. The van der Waals surface area contributed by atoms with Crippen LogP contribution in [-0.2, 0) is 0 Å². The highest BCUT2D eigenvalue weighted by atomic mass is 16.1. The Labute approximate surface area is 75.2 Å². The number of hydrogen-bond acceptors (Lipinski definition) is 2. The Morgan fingerprint density at radius 2 is 2.31 bits per heavy atom. The molecule has 0 aromatic carbocycles. The summed E-state index contributed by atoms with van der Waals surface area (Å²) in [6.45, 7) is 4.14. The van der Waals surface area contributed by atoms with E-state index in [1.54, 1.807) is 10.7 Å². The lowest BCUT2D eigenvalue weighted by molar-refractivity contribution is 0.785. The maximum atomic E-state index is 11.0. The highest BCUT2D eigenvalue weighted by Gasteiger charge is 2.04. The molecule has 0 unspecified atom stereocenters. The molecule has 0 aliphatic heterocycles. The van der Waals surface area contributed by atoms with Gasteiger partial charge in [0.2, 0.25) is 0 Å². The van der Waals surface area contributed by atoms with Crippen LogP contribution in [0, 0.1) is 0 Å². The number of rotatable bonds is 1. The first kappa shape index (κ1) is 8.04. The predicted octanol–water partition coefficient (Wildman–Crippen LogP) is 1.15. The van der Waals surface area contributed by atoms with Crippen molar-refractivity contribution in [2.45, 2.75) is 19.8 Å². The molecule has 2 aromatic rings. The van der Waals surface area contributed by atoms with Crippen LogP contribution in [-0.4, -0.2) is 14.6 Å². The lowest BCUT2D eigenvalue weighted by Gasteiger charge is -1.94. The third kappa shape index (κ3) is 1.35. The quantitative estimate of drug-likeness (QED) is 0.710. The lowest BCUT2D eigenvalue weighted by Crippen LogP contribution is -2.05. The summed E-state index contributed by atoms with van der Waals surface area (Å²) in [5.74, 6) is 0.378. The van der Waals surface area contributed by atoms with Crippen LogP contribution >= 0.6 is 0 Å². The molecule has 0 aliphatic rings. The van der Waals surface area contributed by atoms with Crippen LogP contribution in [0.3, 0.4) is 0 Å². The topological polar surface area (TPSA) is 50.2 Å². The van der Waals surface area contributed by atoms with Crippen molar-refractivity contribution in [1.82, 2.24) is 14.6 Å². The second-order valence-corrected chi connectivity index (χ2v) is 3.36. The molecule has 2 heterocycles. The summed E-state index contributed by atoms with van der Waals surface area (Å²) < 4.78 is 1.68. The summed E-state index contributed by atoms with van der Waals surface area (Å²) in [6.07, 6.45) is 1.67. The Morgan fingerprint density at radius 1 is 1.54 bits per heavy atom. The lowest BCUT2D eigenvalue weighted by atomic mass is 10.1. The molecule has 0 radical (unpaired) electrons. The largest absolute Gasteiger partial charge is 0.307 e. The normalized spacial score (nSPS) is 11.3. The van der Waals surface area contributed by atoms with Gasteiger partial charge < -0.3 is 4.98 Å². The fraction of sp³-hybridized carbons (Fsp3) is 0.333. The van der Waals surface area contributed by atoms with Gasteiger partial charge >= 0.3 is 0 Å². The smallest absolute Gasteiger partial charge is 0.251 e. The van der Waals surface area contributed by atoms with Crippen LogP contribution in [0.4, 0.5) is 0 Å². The molecule has 1 N–H and O–H groups in total. The van der Waals surface area contributed by atoms with Crippen molar-refractivity contribution in [3.05, 3.63) is 34.4 Å². The van der Waals surface area contributed by atoms with Gasteiger partial charge in [-0.1, -0.05) is 13.8 Å². The highest BCUT2D eigenvalue weighted by Crippen LogP contribution is 2.12. The summed E-state index contributed by atoms with van der Waals surface area (Å²) in [7, 11) is 0. The van der Waals surface area contributed by atoms with E-state index in [0.717, 1.165) is 11.3 Å². The van der Waals surface area contributed by atoms with E-state index in [0.29, 0.717) is 5.92 Å². The first-order valence-electron chi connectivity index (χ1n) is 4.25. The molecule has 0 spiro atoms. The molecule has 0 atom stereocenters. The molecule has 0 amide bonds. The van der Waals surface area contributed by atoms with Crippen LogP contribution in [0.15, 0.2) is 23.1 Å². The average molecular weight is 177 g/mol. The van der Waals surface area contributed by atoms with Gasteiger partial charge in [-0.15, -0.1) is 0 Å². The maximum Gasteiger partial charge on any atom is 0.251 e. The third-order valence-electron chi connectivity index (χ3n) is 1.96. The van der Waals surface area contributed by atoms with Crippen LogP contribution in [0.25, 0.3) is 5.65 Å². The molecular formula is C9H11N3O. The van der Waals surface area contributed by atoms with Crippen molar-refractivity contribution in [3.8, 4) is 0 Å². The van der Waals surface area contributed by atoms with E-state index < -0.39 is 0 Å². The molecule has 13 heavy (non-hydrogen) atoms. The number of H-pyrrole nitrogens is 1. The Kier molecular flexibility index (Phi) is 1.69.